The molecule has 0 spiro atoms. The number of nitrogens with one attached hydrogen (secondary N) is 1. The average molecular weight is 266 g/mol. The molecule has 2 N–H and O–H groups in total. The minimum atomic E-state index is -0.926. The number of aliphatic carboxylic acids is 1. The van der Waals surface area contributed by atoms with Gasteiger partial charge in [0.15, 0.2) is 6.04 Å². The van der Waals surface area contributed by atoms with Gasteiger partial charge in [0.1, 0.15) is 0 Å². The lowest BCUT2D eigenvalue weighted by Gasteiger charge is -2.20. The molecule has 0 fully saturated rings. The molecule has 0 saturated heterocycles. The van der Waals surface area contributed by atoms with Crippen molar-refractivity contribution >= 4 is 22.8 Å². The normalized spacial score (nSPS) is 21.7. The first kappa shape index (κ1) is 12.9. The molecule has 0 radical (unpaired) electrons. The van der Waals surface area contributed by atoms with Gasteiger partial charge in [-0.15, -0.1) is 11.8 Å². The van der Waals surface area contributed by atoms with Crippen molar-refractivity contribution in [1.29, 1.82) is 0 Å². The molecule has 2 rings (SSSR count). The molecule has 2 heterocycles. The van der Waals surface area contributed by atoms with E-state index in [1.807, 2.05) is 13.8 Å². The quantitative estimate of drug-likeness (QED) is 0.863. The van der Waals surface area contributed by atoms with Gasteiger partial charge in [0.2, 0.25) is 0 Å². The Kier molecular flexibility index (Phi) is 3.30. The Morgan fingerprint density at radius 1 is 1.61 bits per heavy atom. The minimum absolute atomic E-state index is 0.155. The largest absolute Gasteiger partial charge is 0.480 e. The summed E-state index contributed by atoms with van der Waals surface area (Å²) in [6.07, 6.45) is 1.95. The van der Waals surface area contributed by atoms with Crippen molar-refractivity contribution in [3.8, 4) is 0 Å². The van der Waals surface area contributed by atoms with Crippen LogP contribution in [0.3, 0.4) is 0 Å². The highest BCUT2D eigenvalue weighted by atomic mass is 32.2. The molecule has 6 heteroatoms. The number of nitrogens with zero attached hydrogens (tertiary/aromatic N) is 1. The summed E-state index contributed by atoms with van der Waals surface area (Å²) in [5.41, 5.74) is 0.447. The van der Waals surface area contributed by atoms with Crippen LogP contribution in [0.5, 0.6) is 0 Å². The first-order valence-electron chi connectivity index (χ1n) is 5.55. The van der Waals surface area contributed by atoms with Gasteiger partial charge < -0.3 is 10.1 Å². The fourth-order valence-electron chi connectivity index (χ4n) is 1.88. The van der Waals surface area contributed by atoms with E-state index in [9.17, 15) is 9.59 Å². The first-order chi connectivity index (χ1) is 8.40. The highest BCUT2D eigenvalue weighted by molar-refractivity contribution is 8.15. The summed E-state index contributed by atoms with van der Waals surface area (Å²) in [6.45, 7) is 3.70. The van der Waals surface area contributed by atoms with Crippen molar-refractivity contribution in [2.24, 2.45) is 4.99 Å². The van der Waals surface area contributed by atoms with Crippen LogP contribution in [0.2, 0.25) is 0 Å². The van der Waals surface area contributed by atoms with E-state index in [0.717, 1.165) is 0 Å². The smallest absolute Gasteiger partial charge is 0.329 e. The molecule has 18 heavy (non-hydrogen) atoms. The van der Waals surface area contributed by atoms with Crippen LogP contribution in [0.4, 0.5) is 0 Å². The van der Waals surface area contributed by atoms with Gasteiger partial charge in [0.25, 0.3) is 5.56 Å². The third kappa shape index (κ3) is 2.48. The van der Waals surface area contributed by atoms with E-state index in [2.05, 4.69) is 9.98 Å². The molecule has 1 aliphatic heterocycles. The summed E-state index contributed by atoms with van der Waals surface area (Å²) in [7, 11) is 0. The molecular formula is C12H14N2O3S. The fourth-order valence-corrected chi connectivity index (χ4v) is 3.14. The second kappa shape index (κ2) is 4.61. The van der Waals surface area contributed by atoms with Gasteiger partial charge in [0.05, 0.1) is 5.04 Å². The van der Waals surface area contributed by atoms with Crippen LogP contribution in [-0.2, 0) is 11.2 Å². The summed E-state index contributed by atoms with van der Waals surface area (Å²) < 4.78 is -0.470. The van der Waals surface area contributed by atoms with Crippen molar-refractivity contribution in [2.75, 3.05) is 0 Å². The summed E-state index contributed by atoms with van der Waals surface area (Å²) in [5.74, 6) is -0.926. The zero-order valence-corrected chi connectivity index (χ0v) is 11.0. The zero-order valence-electron chi connectivity index (χ0n) is 10.1. The number of carbonyl (C=O) groups is 1. The summed E-state index contributed by atoms with van der Waals surface area (Å²) in [4.78, 5) is 29.4. The third-order valence-corrected chi connectivity index (χ3v) is 4.02. The van der Waals surface area contributed by atoms with E-state index in [1.165, 1.54) is 11.8 Å². The van der Waals surface area contributed by atoms with Gasteiger partial charge in [-0.2, -0.15) is 0 Å². The van der Waals surface area contributed by atoms with Crippen LogP contribution in [0.25, 0.3) is 0 Å². The molecule has 1 aliphatic rings. The molecule has 0 aliphatic carbocycles. The Bertz CT molecular complexity index is 562. The molecule has 1 aromatic heterocycles. The van der Waals surface area contributed by atoms with Crippen LogP contribution in [-0.4, -0.2) is 31.9 Å². The molecule has 1 unspecified atom stereocenters. The molecule has 1 aromatic rings. The van der Waals surface area contributed by atoms with E-state index in [1.54, 1.807) is 18.3 Å². The Labute approximate surface area is 108 Å². The van der Waals surface area contributed by atoms with Crippen molar-refractivity contribution < 1.29 is 9.90 Å². The van der Waals surface area contributed by atoms with Crippen molar-refractivity contribution in [3.63, 3.8) is 0 Å². The predicted molar refractivity (Wildman–Crippen MR) is 71.3 cm³/mol. The summed E-state index contributed by atoms with van der Waals surface area (Å²) in [5, 5.41) is 9.80. The van der Waals surface area contributed by atoms with Crippen LogP contribution in [0.1, 0.15) is 19.4 Å². The molecule has 0 amide bonds. The first-order valence-corrected chi connectivity index (χ1v) is 6.37. The molecule has 5 nitrogen and oxygen atoms in total. The number of carboxylic acid groups (broad SMARTS) is 1. The van der Waals surface area contributed by atoms with Crippen LogP contribution in [0.15, 0.2) is 28.1 Å². The van der Waals surface area contributed by atoms with Crippen LogP contribution >= 0.6 is 11.8 Å². The van der Waals surface area contributed by atoms with Gasteiger partial charge >= 0.3 is 5.97 Å². The van der Waals surface area contributed by atoms with Crippen LogP contribution < -0.4 is 5.56 Å². The van der Waals surface area contributed by atoms with Crippen LogP contribution in [0, 0.1) is 0 Å². The summed E-state index contributed by atoms with van der Waals surface area (Å²) >= 11 is 1.42. The zero-order chi connectivity index (χ0) is 13.3. The molecular weight excluding hydrogens is 252 g/mol. The Morgan fingerprint density at radius 3 is 2.89 bits per heavy atom. The van der Waals surface area contributed by atoms with E-state index in [0.29, 0.717) is 17.0 Å². The standard InChI is InChI=1S/C12H14N2O3S/c1-12(2)9(11(16)17)14-8(18-12)6-7-4-3-5-13-10(7)15/h3-5,9H,6H2,1-2H3,(H,13,15)(H,16,17). The Hall–Kier alpha value is -1.56. The van der Waals surface area contributed by atoms with Gasteiger partial charge in [0, 0.05) is 22.9 Å². The SMILES string of the molecule is CC1(C)SC(Cc2ccc[nH]c2=O)=NC1C(=O)O. The number of H-pyrrole nitrogens is 1. The lowest BCUT2D eigenvalue weighted by molar-refractivity contribution is -0.138. The number of aromatic nitrogens is 1. The van der Waals surface area contributed by atoms with Crippen molar-refractivity contribution in [1.82, 2.24) is 4.98 Å². The average Bonchev–Trinajstić information content (AvgIpc) is 2.57. The van der Waals surface area contributed by atoms with Gasteiger partial charge in [-0.1, -0.05) is 6.07 Å². The number of pyridine rings is 1. The lowest BCUT2D eigenvalue weighted by atomic mass is 10.0. The van der Waals surface area contributed by atoms with Gasteiger partial charge in [-0.05, 0) is 19.9 Å². The van der Waals surface area contributed by atoms with E-state index in [-0.39, 0.29) is 5.56 Å². The van der Waals surface area contributed by atoms with Crippen molar-refractivity contribution in [2.45, 2.75) is 31.1 Å². The second-order valence-corrected chi connectivity index (χ2v) is 6.40. The molecule has 1 atom stereocenters. The summed E-state index contributed by atoms with van der Waals surface area (Å²) in [6, 6.07) is 2.72. The Morgan fingerprint density at radius 2 is 2.33 bits per heavy atom. The molecule has 0 aromatic carbocycles. The number of hydrogen-bond acceptors (Lipinski definition) is 4. The van der Waals surface area contributed by atoms with E-state index < -0.39 is 16.8 Å². The highest BCUT2D eigenvalue weighted by Gasteiger charge is 2.42. The third-order valence-electron chi connectivity index (χ3n) is 2.79. The number of hydrogen-bond donors (Lipinski definition) is 2. The maximum atomic E-state index is 11.5. The highest BCUT2D eigenvalue weighted by Crippen LogP contribution is 2.38. The number of aromatic amines is 1. The number of aliphatic imine (C=N–C) groups is 1. The van der Waals surface area contributed by atoms with E-state index in [4.69, 9.17) is 5.11 Å². The monoisotopic (exact) mass is 266 g/mol. The molecule has 0 bridgehead atoms. The number of carboxylic acids is 1. The van der Waals surface area contributed by atoms with Gasteiger partial charge in [-0.25, -0.2) is 4.79 Å². The fraction of sp³-hybridized carbons (Fsp3) is 0.417. The molecule has 0 saturated carbocycles. The minimum Gasteiger partial charge on any atom is -0.480 e. The maximum absolute atomic E-state index is 11.5. The lowest BCUT2D eigenvalue weighted by Crippen LogP contribution is -2.34. The maximum Gasteiger partial charge on any atom is 0.329 e. The van der Waals surface area contributed by atoms with Gasteiger partial charge in [-0.3, -0.25) is 9.79 Å². The number of rotatable bonds is 3. The predicted octanol–water partition coefficient (Wildman–Crippen LogP) is 1.29. The number of thioether (sulfide) groups is 1. The Balaban J connectivity index is 2.22. The van der Waals surface area contributed by atoms with E-state index >= 15 is 0 Å². The van der Waals surface area contributed by atoms with Crippen molar-refractivity contribution in [3.05, 3.63) is 34.2 Å². The second-order valence-electron chi connectivity index (χ2n) is 4.67. The topological polar surface area (TPSA) is 82.5 Å². The molecule has 96 valence electrons.